The normalized spacial score (nSPS) is 32.8. The fourth-order valence-electron chi connectivity index (χ4n) is 1.89. The molecular weight excluding hydrogens is 153 g/mol. The topological polar surface area (TPSA) is 3.24 Å². The maximum Gasteiger partial charge on any atom is 0.105 e. The van der Waals surface area contributed by atoms with Crippen LogP contribution in [-0.4, -0.2) is 30.2 Å². The summed E-state index contributed by atoms with van der Waals surface area (Å²) in [5, 5.41) is 0. The highest BCUT2D eigenvalue weighted by Gasteiger charge is 2.28. The lowest BCUT2D eigenvalue weighted by Gasteiger charge is -2.37. The van der Waals surface area contributed by atoms with Crippen molar-refractivity contribution < 1.29 is 4.39 Å². The van der Waals surface area contributed by atoms with Crippen LogP contribution in [0.15, 0.2) is 0 Å². The van der Waals surface area contributed by atoms with E-state index in [-0.39, 0.29) is 5.92 Å². The van der Waals surface area contributed by atoms with E-state index in [2.05, 4.69) is 25.7 Å². The van der Waals surface area contributed by atoms with Crippen molar-refractivity contribution in [3.63, 3.8) is 0 Å². The maximum absolute atomic E-state index is 13.3. The molecule has 1 aliphatic heterocycles. The summed E-state index contributed by atoms with van der Waals surface area (Å²) in [6, 6.07) is 0.576. The summed E-state index contributed by atoms with van der Waals surface area (Å²) in [6.45, 7) is 8.35. The van der Waals surface area contributed by atoms with Crippen LogP contribution >= 0.6 is 0 Å². The summed E-state index contributed by atoms with van der Waals surface area (Å²) in [5.41, 5.74) is 0. The lowest BCUT2D eigenvalue weighted by atomic mass is 9.93. The Bertz CT molecular complexity index is 136. The Morgan fingerprint density at radius 2 is 2.17 bits per heavy atom. The van der Waals surface area contributed by atoms with E-state index in [4.69, 9.17) is 0 Å². The molecule has 0 radical (unpaired) electrons. The zero-order chi connectivity index (χ0) is 9.14. The molecule has 0 saturated carbocycles. The summed E-state index contributed by atoms with van der Waals surface area (Å²) in [4.78, 5) is 2.38. The third kappa shape index (κ3) is 2.19. The van der Waals surface area contributed by atoms with E-state index in [0.717, 1.165) is 25.9 Å². The number of nitrogens with zero attached hydrogens (tertiary/aromatic N) is 1. The number of rotatable bonds is 2. The Morgan fingerprint density at radius 1 is 1.50 bits per heavy atom. The van der Waals surface area contributed by atoms with Gasteiger partial charge in [-0.15, -0.1) is 0 Å². The number of likely N-dealkylation sites (tertiary alicyclic amines) is 1. The first-order valence-corrected chi connectivity index (χ1v) is 5.03. The standard InChI is InChI=1S/C10H20FN/c1-4-9-7-12(8(2)3)6-5-10(9)11/h8-10H,4-7H2,1-3H3/t9-,10-/m1/s1. The number of piperidine rings is 1. The van der Waals surface area contributed by atoms with Gasteiger partial charge >= 0.3 is 0 Å². The predicted molar refractivity (Wildman–Crippen MR) is 50.0 cm³/mol. The van der Waals surface area contributed by atoms with E-state index in [9.17, 15) is 4.39 Å². The van der Waals surface area contributed by atoms with Crippen molar-refractivity contribution >= 4 is 0 Å². The highest BCUT2D eigenvalue weighted by molar-refractivity contribution is 4.80. The van der Waals surface area contributed by atoms with Gasteiger partial charge in [0.25, 0.3) is 0 Å². The molecule has 72 valence electrons. The van der Waals surface area contributed by atoms with Crippen molar-refractivity contribution in [1.29, 1.82) is 0 Å². The van der Waals surface area contributed by atoms with Crippen LogP contribution in [0.1, 0.15) is 33.6 Å². The molecular formula is C10H20FN. The summed E-state index contributed by atoms with van der Waals surface area (Å²) in [6.07, 6.45) is 1.16. The summed E-state index contributed by atoms with van der Waals surface area (Å²) in [7, 11) is 0. The molecule has 1 heterocycles. The third-order valence-corrected chi connectivity index (χ3v) is 2.93. The maximum atomic E-state index is 13.3. The zero-order valence-electron chi connectivity index (χ0n) is 8.39. The molecule has 0 bridgehead atoms. The van der Waals surface area contributed by atoms with Crippen molar-refractivity contribution in [3.8, 4) is 0 Å². The molecule has 0 aromatic rings. The number of alkyl halides is 1. The minimum absolute atomic E-state index is 0.279. The molecule has 1 nitrogen and oxygen atoms in total. The second-order valence-electron chi connectivity index (χ2n) is 4.06. The fraction of sp³-hybridized carbons (Fsp3) is 1.00. The van der Waals surface area contributed by atoms with Gasteiger partial charge in [0.15, 0.2) is 0 Å². The van der Waals surface area contributed by atoms with Crippen LogP contribution in [0.4, 0.5) is 4.39 Å². The van der Waals surface area contributed by atoms with Crippen molar-refractivity contribution in [3.05, 3.63) is 0 Å². The smallest absolute Gasteiger partial charge is 0.105 e. The third-order valence-electron chi connectivity index (χ3n) is 2.93. The van der Waals surface area contributed by atoms with E-state index in [0.29, 0.717) is 6.04 Å². The fourth-order valence-corrected chi connectivity index (χ4v) is 1.89. The van der Waals surface area contributed by atoms with E-state index < -0.39 is 6.17 Å². The van der Waals surface area contributed by atoms with Crippen LogP contribution in [0.3, 0.4) is 0 Å². The van der Waals surface area contributed by atoms with Gasteiger partial charge in [-0.3, -0.25) is 0 Å². The Kier molecular flexibility index (Phi) is 3.51. The monoisotopic (exact) mass is 173 g/mol. The second kappa shape index (κ2) is 4.22. The van der Waals surface area contributed by atoms with Crippen molar-refractivity contribution in [1.82, 2.24) is 4.90 Å². The molecule has 1 rings (SSSR count). The first-order valence-electron chi connectivity index (χ1n) is 5.03. The molecule has 12 heavy (non-hydrogen) atoms. The first kappa shape index (κ1) is 9.97. The van der Waals surface area contributed by atoms with Crippen LogP contribution in [0.25, 0.3) is 0 Å². The molecule has 0 N–H and O–H groups in total. The van der Waals surface area contributed by atoms with E-state index >= 15 is 0 Å². The Hall–Kier alpha value is -0.110. The summed E-state index contributed by atoms with van der Waals surface area (Å²) >= 11 is 0. The lowest BCUT2D eigenvalue weighted by Crippen LogP contribution is -2.44. The molecule has 0 aromatic carbocycles. The summed E-state index contributed by atoms with van der Waals surface area (Å²) < 4.78 is 13.3. The quantitative estimate of drug-likeness (QED) is 0.620. The van der Waals surface area contributed by atoms with Crippen LogP contribution in [0.2, 0.25) is 0 Å². The Balaban J connectivity index is 2.44. The van der Waals surface area contributed by atoms with Gasteiger partial charge in [-0.1, -0.05) is 6.92 Å². The molecule has 0 unspecified atom stereocenters. The van der Waals surface area contributed by atoms with Gasteiger partial charge < -0.3 is 4.90 Å². The Morgan fingerprint density at radius 3 is 2.67 bits per heavy atom. The van der Waals surface area contributed by atoms with Crippen molar-refractivity contribution in [2.45, 2.75) is 45.8 Å². The molecule has 0 amide bonds. The number of hydrogen-bond donors (Lipinski definition) is 0. The highest BCUT2D eigenvalue weighted by Crippen LogP contribution is 2.23. The van der Waals surface area contributed by atoms with Gasteiger partial charge in [0.2, 0.25) is 0 Å². The van der Waals surface area contributed by atoms with Crippen LogP contribution < -0.4 is 0 Å². The number of hydrogen-bond acceptors (Lipinski definition) is 1. The van der Waals surface area contributed by atoms with Crippen molar-refractivity contribution in [2.24, 2.45) is 5.92 Å². The first-order chi connectivity index (χ1) is 5.65. The molecule has 1 fully saturated rings. The van der Waals surface area contributed by atoms with Crippen LogP contribution in [-0.2, 0) is 0 Å². The van der Waals surface area contributed by atoms with Gasteiger partial charge in [0, 0.05) is 25.0 Å². The second-order valence-corrected chi connectivity index (χ2v) is 4.06. The molecule has 0 aromatic heterocycles. The zero-order valence-corrected chi connectivity index (χ0v) is 8.39. The van der Waals surface area contributed by atoms with Gasteiger partial charge in [-0.05, 0) is 26.7 Å². The average molecular weight is 173 g/mol. The highest BCUT2D eigenvalue weighted by atomic mass is 19.1. The van der Waals surface area contributed by atoms with E-state index in [1.807, 2.05) is 0 Å². The van der Waals surface area contributed by atoms with E-state index in [1.54, 1.807) is 0 Å². The molecule has 2 atom stereocenters. The lowest BCUT2D eigenvalue weighted by molar-refractivity contribution is 0.0666. The average Bonchev–Trinajstić information content (AvgIpc) is 2.05. The van der Waals surface area contributed by atoms with Crippen LogP contribution in [0.5, 0.6) is 0 Å². The van der Waals surface area contributed by atoms with Crippen molar-refractivity contribution in [2.75, 3.05) is 13.1 Å². The van der Waals surface area contributed by atoms with Gasteiger partial charge in [0.1, 0.15) is 6.17 Å². The predicted octanol–water partition coefficient (Wildman–Crippen LogP) is 2.46. The van der Waals surface area contributed by atoms with E-state index in [1.165, 1.54) is 0 Å². The number of halogens is 1. The SMILES string of the molecule is CC[C@@H]1CN(C(C)C)CC[C@H]1F. The molecule has 2 heteroatoms. The minimum Gasteiger partial charge on any atom is -0.300 e. The Labute approximate surface area is 74.9 Å². The molecule has 0 aliphatic carbocycles. The summed E-state index contributed by atoms with van der Waals surface area (Å²) in [5.74, 6) is 0.279. The largest absolute Gasteiger partial charge is 0.300 e. The minimum atomic E-state index is -0.551. The molecule has 0 spiro atoms. The molecule has 1 saturated heterocycles. The van der Waals surface area contributed by atoms with Gasteiger partial charge in [-0.2, -0.15) is 0 Å². The molecule has 1 aliphatic rings. The van der Waals surface area contributed by atoms with Gasteiger partial charge in [-0.25, -0.2) is 4.39 Å². The van der Waals surface area contributed by atoms with Gasteiger partial charge in [0.05, 0.1) is 0 Å². The van der Waals surface area contributed by atoms with Crippen LogP contribution in [0, 0.1) is 5.92 Å².